The van der Waals surface area contributed by atoms with Gasteiger partial charge in [-0.3, -0.25) is 4.79 Å². The lowest BCUT2D eigenvalue weighted by Gasteiger charge is -2.29. The van der Waals surface area contributed by atoms with E-state index in [1.54, 1.807) is 35.0 Å². The molecule has 1 N–H and O–H groups in total. The molecular formula is C24H24ClN3O4. The van der Waals surface area contributed by atoms with Crippen molar-refractivity contribution in [2.75, 3.05) is 0 Å². The third kappa shape index (κ3) is 4.34. The molecule has 2 heterocycles. The van der Waals surface area contributed by atoms with Crippen LogP contribution in [0.2, 0.25) is 5.02 Å². The van der Waals surface area contributed by atoms with Crippen LogP contribution in [-0.4, -0.2) is 37.7 Å². The zero-order valence-electron chi connectivity index (χ0n) is 17.9. The molecular weight excluding hydrogens is 430 g/mol. The Bertz CT molecular complexity index is 1140. The first-order valence-electron chi connectivity index (χ1n) is 10.4. The van der Waals surface area contributed by atoms with Crippen molar-refractivity contribution in [2.45, 2.75) is 45.5 Å². The SMILES string of the molecule is Cc1cc(C)n(COc2ccc(C(=O)N3[C@@H](c4ccccc4Cl)CC[C@H]3C(=O)O)cc2)n1. The maximum Gasteiger partial charge on any atom is 0.326 e. The molecule has 0 spiro atoms. The normalized spacial score (nSPS) is 18.0. The smallest absolute Gasteiger partial charge is 0.326 e. The fourth-order valence-corrected chi connectivity index (χ4v) is 4.43. The molecule has 0 radical (unpaired) electrons. The molecule has 0 bridgehead atoms. The lowest BCUT2D eigenvalue weighted by Crippen LogP contribution is -2.41. The minimum absolute atomic E-state index is 0.259. The third-order valence-corrected chi connectivity index (χ3v) is 6.07. The molecule has 2 aromatic carbocycles. The summed E-state index contributed by atoms with van der Waals surface area (Å²) in [6.45, 7) is 4.13. The summed E-state index contributed by atoms with van der Waals surface area (Å²) < 4.78 is 7.53. The minimum atomic E-state index is -1.02. The van der Waals surface area contributed by atoms with Crippen LogP contribution in [0.5, 0.6) is 5.75 Å². The van der Waals surface area contributed by atoms with Gasteiger partial charge in [0.15, 0.2) is 6.73 Å². The molecule has 8 heteroatoms. The first-order chi connectivity index (χ1) is 15.3. The van der Waals surface area contributed by atoms with Crippen molar-refractivity contribution < 1.29 is 19.4 Å². The number of ether oxygens (including phenoxy) is 1. The third-order valence-electron chi connectivity index (χ3n) is 5.73. The lowest BCUT2D eigenvalue weighted by molar-refractivity contribution is -0.141. The second kappa shape index (κ2) is 9.04. The fraction of sp³-hybridized carbons (Fsp3) is 0.292. The van der Waals surface area contributed by atoms with Gasteiger partial charge in [0.05, 0.1) is 11.7 Å². The molecule has 0 aliphatic carbocycles. The predicted octanol–water partition coefficient (Wildman–Crippen LogP) is 4.62. The van der Waals surface area contributed by atoms with Crippen LogP contribution < -0.4 is 4.74 Å². The van der Waals surface area contributed by atoms with Gasteiger partial charge in [0.2, 0.25) is 0 Å². The second-order valence-corrected chi connectivity index (χ2v) is 8.31. The van der Waals surface area contributed by atoms with Gasteiger partial charge < -0.3 is 14.7 Å². The van der Waals surface area contributed by atoms with E-state index in [9.17, 15) is 14.7 Å². The maximum absolute atomic E-state index is 13.4. The van der Waals surface area contributed by atoms with E-state index in [2.05, 4.69) is 5.10 Å². The number of benzene rings is 2. The van der Waals surface area contributed by atoms with Crippen molar-refractivity contribution in [1.29, 1.82) is 0 Å². The van der Waals surface area contributed by atoms with Crippen LogP contribution in [0.3, 0.4) is 0 Å². The van der Waals surface area contributed by atoms with Gasteiger partial charge >= 0.3 is 5.97 Å². The summed E-state index contributed by atoms with van der Waals surface area (Å²) in [6.07, 6.45) is 0.914. The molecule has 2 atom stereocenters. The second-order valence-electron chi connectivity index (χ2n) is 7.91. The van der Waals surface area contributed by atoms with Crippen LogP contribution in [0.4, 0.5) is 0 Å². The van der Waals surface area contributed by atoms with Crippen LogP contribution in [0.15, 0.2) is 54.6 Å². The number of aliphatic carboxylic acids is 1. The van der Waals surface area contributed by atoms with E-state index in [1.165, 1.54) is 4.90 Å². The number of halogens is 1. The Labute approximate surface area is 191 Å². The number of carboxylic acids is 1. The number of hydrogen-bond acceptors (Lipinski definition) is 4. The van der Waals surface area contributed by atoms with E-state index in [1.807, 2.05) is 38.1 Å². The van der Waals surface area contributed by atoms with E-state index < -0.39 is 12.0 Å². The number of hydrogen-bond donors (Lipinski definition) is 1. The largest absolute Gasteiger partial charge is 0.480 e. The van der Waals surface area contributed by atoms with Crippen molar-refractivity contribution in [2.24, 2.45) is 0 Å². The Hall–Kier alpha value is -3.32. The quantitative estimate of drug-likeness (QED) is 0.588. The minimum Gasteiger partial charge on any atom is -0.480 e. The van der Waals surface area contributed by atoms with E-state index >= 15 is 0 Å². The Kier molecular flexibility index (Phi) is 6.19. The summed E-state index contributed by atoms with van der Waals surface area (Å²) in [7, 11) is 0. The summed E-state index contributed by atoms with van der Waals surface area (Å²) >= 11 is 6.36. The molecule has 7 nitrogen and oxygen atoms in total. The van der Waals surface area contributed by atoms with Crippen molar-refractivity contribution in [3.8, 4) is 5.75 Å². The van der Waals surface area contributed by atoms with Crippen molar-refractivity contribution in [3.63, 3.8) is 0 Å². The highest BCUT2D eigenvalue weighted by Crippen LogP contribution is 2.40. The fourth-order valence-electron chi connectivity index (χ4n) is 4.17. The van der Waals surface area contributed by atoms with Crippen LogP contribution in [0.1, 0.15) is 46.2 Å². The van der Waals surface area contributed by atoms with E-state index in [0.717, 1.165) is 17.0 Å². The summed E-state index contributed by atoms with van der Waals surface area (Å²) in [5, 5.41) is 14.6. The highest BCUT2D eigenvalue weighted by molar-refractivity contribution is 6.31. The zero-order valence-corrected chi connectivity index (χ0v) is 18.6. The number of carboxylic acid groups (broad SMARTS) is 1. The topological polar surface area (TPSA) is 84.7 Å². The lowest BCUT2D eigenvalue weighted by atomic mass is 10.0. The van der Waals surface area contributed by atoms with Gasteiger partial charge in [0.1, 0.15) is 11.8 Å². The number of nitrogens with zero attached hydrogens (tertiary/aromatic N) is 3. The first kappa shape index (κ1) is 21.9. The van der Waals surface area contributed by atoms with Gasteiger partial charge in [0, 0.05) is 16.3 Å². The molecule has 166 valence electrons. The van der Waals surface area contributed by atoms with E-state index in [-0.39, 0.29) is 18.7 Å². The summed E-state index contributed by atoms with van der Waals surface area (Å²) in [6, 6.07) is 14.6. The Morgan fingerprint density at radius 3 is 2.47 bits per heavy atom. The predicted molar refractivity (Wildman–Crippen MR) is 120 cm³/mol. The maximum atomic E-state index is 13.4. The van der Waals surface area contributed by atoms with Gasteiger partial charge in [0.25, 0.3) is 5.91 Å². The van der Waals surface area contributed by atoms with E-state index in [4.69, 9.17) is 16.3 Å². The number of aromatic nitrogens is 2. The van der Waals surface area contributed by atoms with Crippen molar-refractivity contribution in [1.82, 2.24) is 14.7 Å². The molecule has 4 rings (SSSR count). The van der Waals surface area contributed by atoms with E-state index in [0.29, 0.717) is 29.2 Å². The molecule has 1 aromatic heterocycles. The van der Waals surface area contributed by atoms with Crippen molar-refractivity contribution >= 4 is 23.5 Å². The molecule has 1 saturated heterocycles. The molecule has 1 aliphatic rings. The van der Waals surface area contributed by atoms with Gasteiger partial charge in [-0.25, -0.2) is 9.48 Å². The molecule has 0 saturated carbocycles. The first-order valence-corrected chi connectivity index (χ1v) is 10.8. The highest BCUT2D eigenvalue weighted by Gasteiger charge is 2.42. The number of rotatable bonds is 6. The zero-order chi connectivity index (χ0) is 22.8. The Balaban J connectivity index is 1.53. The molecule has 1 aliphatic heterocycles. The monoisotopic (exact) mass is 453 g/mol. The van der Waals surface area contributed by atoms with Gasteiger partial charge in [-0.1, -0.05) is 29.8 Å². The summed E-state index contributed by atoms with van der Waals surface area (Å²) in [5.41, 5.74) is 3.07. The average Bonchev–Trinajstić information content (AvgIpc) is 3.35. The molecule has 1 fully saturated rings. The molecule has 3 aromatic rings. The van der Waals surface area contributed by atoms with Crippen LogP contribution in [0, 0.1) is 13.8 Å². The number of carbonyl (C=O) groups is 2. The molecule has 32 heavy (non-hydrogen) atoms. The van der Waals surface area contributed by atoms with Gasteiger partial charge in [-0.2, -0.15) is 5.10 Å². The summed E-state index contributed by atoms with van der Waals surface area (Å²) in [4.78, 5) is 26.7. The van der Waals surface area contributed by atoms with Gasteiger partial charge in [-0.05, 0) is 68.7 Å². The van der Waals surface area contributed by atoms with Crippen LogP contribution in [-0.2, 0) is 11.5 Å². The number of amides is 1. The van der Waals surface area contributed by atoms with Crippen LogP contribution >= 0.6 is 11.6 Å². The highest BCUT2D eigenvalue weighted by atomic mass is 35.5. The Morgan fingerprint density at radius 2 is 1.84 bits per heavy atom. The Morgan fingerprint density at radius 1 is 1.12 bits per heavy atom. The number of carbonyl (C=O) groups excluding carboxylic acids is 1. The van der Waals surface area contributed by atoms with Crippen molar-refractivity contribution in [3.05, 3.63) is 82.1 Å². The molecule has 0 unspecified atom stereocenters. The van der Waals surface area contributed by atoms with Crippen LogP contribution in [0.25, 0.3) is 0 Å². The molecule has 1 amide bonds. The number of aryl methyl sites for hydroxylation is 2. The average molecular weight is 454 g/mol. The standard InChI is InChI=1S/C24H24ClN3O4/c1-15-13-16(2)27(26-15)14-32-18-9-7-17(8-10-18)23(29)28-21(11-12-22(28)24(30)31)19-5-3-4-6-20(19)25/h3-10,13,21-22H,11-12,14H2,1-2H3,(H,30,31)/t21-,22+/m1/s1. The summed E-state index contributed by atoms with van der Waals surface area (Å²) in [5.74, 6) is -0.768. The number of likely N-dealkylation sites (tertiary alicyclic amines) is 1. The van der Waals surface area contributed by atoms with Gasteiger partial charge in [-0.15, -0.1) is 0 Å².